The fourth-order valence-corrected chi connectivity index (χ4v) is 5.16. The molecule has 0 bridgehead atoms. The van der Waals surface area contributed by atoms with Crippen LogP contribution in [0, 0.1) is 11.3 Å². The second-order valence-corrected chi connectivity index (χ2v) is 8.83. The Labute approximate surface area is 171 Å². The molecule has 0 aromatic carbocycles. The van der Waals surface area contributed by atoms with Crippen LogP contribution in [0.25, 0.3) is 6.08 Å². The first-order valence-electron chi connectivity index (χ1n) is 9.17. The van der Waals surface area contributed by atoms with Gasteiger partial charge in [-0.15, -0.1) is 22.7 Å². The van der Waals surface area contributed by atoms with E-state index in [1.807, 2.05) is 17.5 Å². The van der Waals surface area contributed by atoms with Gasteiger partial charge in [0.25, 0.3) is 0 Å². The van der Waals surface area contributed by atoms with E-state index in [2.05, 4.69) is 11.4 Å². The van der Waals surface area contributed by atoms with Gasteiger partial charge in [0.2, 0.25) is 5.91 Å². The topological polar surface area (TPSA) is 82.4 Å². The van der Waals surface area contributed by atoms with Crippen LogP contribution < -0.4 is 5.32 Å². The first kappa shape index (κ1) is 18.7. The molecule has 144 valence electrons. The summed E-state index contributed by atoms with van der Waals surface area (Å²) in [6.07, 6.45) is 5.81. The summed E-state index contributed by atoms with van der Waals surface area (Å²) < 4.78 is 5.61. The average molecular weight is 414 g/mol. The predicted octanol–water partition coefficient (Wildman–Crippen LogP) is 4.03. The van der Waals surface area contributed by atoms with Gasteiger partial charge in [0, 0.05) is 35.3 Å². The monoisotopic (exact) mass is 413 g/mol. The van der Waals surface area contributed by atoms with Crippen LogP contribution >= 0.6 is 22.7 Å². The summed E-state index contributed by atoms with van der Waals surface area (Å²) in [5, 5.41) is 14.9. The van der Waals surface area contributed by atoms with Crippen molar-refractivity contribution in [2.45, 2.75) is 31.8 Å². The maximum atomic E-state index is 12.2. The zero-order chi connectivity index (χ0) is 19.5. The van der Waals surface area contributed by atoms with Crippen LogP contribution in [0.15, 0.2) is 23.6 Å². The quantitative estimate of drug-likeness (QED) is 0.767. The third-order valence-corrected chi connectivity index (χ3v) is 6.90. The Balaban J connectivity index is 1.43. The lowest BCUT2D eigenvalue weighted by Gasteiger charge is -2.32. The summed E-state index contributed by atoms with van der Waals surface area (Å²) in [6.45, 7) is 1.53. The Hall–Kier alpha value is -2.63. The van der Waals surface area contributed by atoms with E-state index < -0.39 is 0 Å². The van der Waals surface area contributed by atoms with Gasteiger partial charge < -0.3 is 15.0 Å². The molecule has 2 aliphatic rings. The molecule has 8 heteroatoms. The number of nitrogens with zero attached hydrogens (tertiary/aromatic N) is 2. The van der Waals surface area contributed by atoms with Crippen molar-refractivity contribution in [1.29, 1.82) is 5.26 Å². The van der Waals surface area contributed by atoms with Gasteiger partial charge in [-0.1, -0.05) is 6.07 Å². The zero-order valence-electron chi connectivity index (χ0n) is 15.1. The molecule has 4 rings (SSSR count). The van der Waals surface area contributed by atoms with Crippen molar-refractivity contribution in [3.63, 3.8) is 0 Å². The number of nitriles is 1. The van der Waals surface area contributed by atoms with Crippen molar-refractivity contribution in [1.82, 2.24) is 4.90 Å². The highest BCUT2D eigenvalue weighted by molar-refractivity contribution is 7.16. The molecule has 3 heterocycles. The normalized spacial score (nSPS) is 18.2. The molecule has 28 heavy (non-hydrogen) atoms. The predicted molar refractivity (Wildman–Crippen MR) is 110 cm³/mol. The van der Waals surface area contributed by atoms with Crippen LogP contribution in [0.5, 0.6) is 0 Å². The van der Waals surface area contributed by atoms with Crippen molar-refractivity contribution in [3.8, 4) is 6.07 Å². The molecule has 0 saturated carbocycles. The number of hydrogen-bond acceptors (Lipinski definition) is 6. The number of anilines is 1. The molecule has 1 atom stereocenters. The highest BCUT2D eigenvalue weighted by atomic mass is 32.1. The minimum Gasteiger partial charge on any atom is -0.446 e. The fourth-order valence-electron chi connectivity index (χ4n) is 3.28. The summed E-state index contributed by atoms with van der Waals surface area (Å²) in [5.74, 6) is -0.260. The molecule has 6 nitrogen and oxygen atoms in total. The van der Waals surface area contributed by atoms with E-state index >= 15 is 0 Å². The van der Waals surface area contributed by atoms with Crippen molar-refractivity contribution >= 4 is 45.8 Å². The van der Waals surface area contributed by atoms with Gasteiger partial charge in [0.05, 0.1) is 5.56 Å². The summed E-state index contributed by atoms with van der Waals surface area (Å²) in [5.41, 5.74) is 1.51. The second kappa shape index (κ2) is 8.17. The number of rotatable bonds is 4. The number of carbonyl (C=O) groups is 2. The Kier molecular flexibility index (Phi) is 5.46. The summed E-state index contributed by atoms with van der Waals surface area (Å²) in [7, 11) is 0. The van der Waals surface area contributed by atoms with E-state index in [0.29, 0.717) is 29.8 Å². The van der Waals surface area contributed by atoms with Crippen LogP contribution in [0.1, 0.15) is 33.7 Å². The summed E-state index contributed by atoms with van der Waals surface area (Å²) >= 11 is 2.96. The van der Waals surface area contributed by atoms with Crippen LogP contribution in [-0.4, -0.2) is 36.1 Å². The summed E-state index contributed by atoms with van der Waals surface area (Å²) in [4.78, 5) is 28.0. The number of amides is 2. The molecule has 1 unspecified atom stereocenters. The first-order chi connectivity index (χ1) is 13.6. The minimum atomic E-state index is -0.260. The molecule has 2 aromatic heterocycles. The highest BCUT2D eigenvalue weighted by Crippen LogP contribution is 2.38. The first-order valence-corrected chi connectivity index (χ1v) is 10.9. The molecule has 1 aliphatic carbocycles. The largest absolute Gasteiger partial charge is 0.446 e. The van der Waals surface area contributed by atoms with Crippen molar-refractivity contribution in [2.75, 3.05) is 18.4 Å². The average Bonchev–Trinajstić information content (AvgIpc) is 3.25. The van der Waals surface area contributed by atoms with Crippen LogP contribution in [0.2, 0.25) is 0 Å². The minimum absolute atomic E-state index is 0.173. The Morgan fingerprint density at radius 3 is 2.93 bits per heavy atom. The highest BCUT2D eigenvalue weighted by Gasteiger charge is 2.30. The maximum Gasteiger partial charge on any atom is 0.410 e. The molecule has 1 aliphatic heterocycles. The van der Waals surface area contributed by atoms with E-state index in [4.69, 9.17) is 4.74 Å². The SMILES string of the molecule is N#Cc1c(NC(=O)/C=C/c2cccs2)sc2c1CCC(OC(=O)N1CCC1)C2. The smallest absolute Gasteiger partial charge is 0.410 e. The lowest BCUT2D eigenvalue weighted by molar-refractivity contribution is -0.111. The van der Waals surface area contributed by atoms with Crippen molar-refractivity contribution in [2.24, 2.45) is 0 Å². The third-order valence-electron chi connectivity index (χ3n) is 4.89. The van der Waals surface area contributed by atoms with Gasteiger partial charge in [0.15, 0.2) is 0 Å². The van der Waals surface area contributed by atoms with Gasteiger partial charge in [0.1, 0.15) is 17.2 Å². The Morgan fingerprint density at radius 1 is 1.39 bits per heavy atom. The molecule has 0 radical (unpaired) electrons. The summed E-state index contributed by atoms with van der Waals surface area (Å²) in [6, 6.07) is 6.08. The van der Waals surface area contributed by atoms with E-state index in [-0.39, 0.29) is 18.1 Å². The number of likely N-dealkylation sites (tertiary alicyclic amines) is 1. The lowest BCUT2D eigenvalue weighted by Crippen LogP contribution is -2.44. The van der Waals surface area contributed by atoms with E-state index in [9.17, 15) is 14.9 Å². The van der Waals surface area contributed by atoms with E-state index in [0.717, 1.165) is 34.8 Å². The Morgan fingerprint density at radius 2 is 2.25 bits per heavy atom. The van der Waals surface area contributed by atoms with Gasteiger partial charge in [-0.05, 0) is 42.3 Å². The van der Waals surface area contributed by atoms with Gasteiger partial charge in [-0.2, -0.15) is 5.26 Å². The van der Waals surface area contributed by atoms with Gasteiger partial charge in [-0.25, -0.2) is 4.79 Å². The van der Waals surface area contributed by atoms with Crippen LogP contribution in [0.3, 0.4) is 0 Å². The maximum absolute atomic E-state index is 12.2. The number of fused-ring (bicyclic) bond motifs is 1. The van der Waals surface area contributed by atoms with Crippen molar-refractivity contribution in [3.05, 3.63) is 44.5 Å². The number of carbonyl (C=O) groups excluding carboxylic acids is 2. The molecule has 0 spiro atoms. The standard InChI is InChI=1S/C20H19N3O3S2/c21-12-16-15-6-4-13(26-20(25)23-8-2-9-23)11-17(15)28-19(16)22-18(24)7-5-14-3-1-10-27-14/h1,3,5,7,10,13H,2,4,6,8-9,11H2,(H,22,24)/b7-5+. The lowest BCUT2D eigenvalue weighted by atomic mass is 9.94. The number of nitrogens with one attached hydrogen (secondary N) is 1. The number of ether oxygens (including phenoxy) is 1. The van der Waals surface area contributed by atoms with E-state index in [1.165, 1.54) is 17.4 Å². The zero-order valence-corrected chi connectivity index (χ0v) is 16.8. The van der Waals surface area contributed by atoms with Crippen LogP contribution in [0.4, 0.5) is 9.80 Å². The molecular weight excluding hydrogens is 394 g/mol. The van der Waals surface area contributed by atoms with Crippen molar-refractivity contribution < 1.29 is 14.3 Å². The van der Waals surface area contributed by atoms with Gasteiger partial charge >= 0.3 is 6.09 Å². The van der Waals surface area contributed by atoms with E-state index in [1.54, 1.807) is 22.3 Å². The fraction of sp³-hybridized carbons (Fsp3) is 0.350. The molecule has 2 aromatic rings. The second-order valence-electron chi connectivity index (χ2n) is 6.75. The molecule has 2 amide bonds. The molecule has 1 saturated heterocycles. The number of hydrogen-bond donors (Lipinski definition) is 1. The molecular formula is C20H19N3O3S2. The van der Waals surface area contributed by atoms with Gasteiger partial charge in [-0.3, -0.25) is 4.79 Å². The van der Waals surface area contributed by atoms with Crippen LogP contribution in [-0.2, 0) is 22.4 Å². The number of thiophene rings is 2. The molecule has 1 fully saturated rings. The molecule has 1 N–H and O–H groups in total. The Bertz CT molecular complexity index is 952. The third kappa shape index (κ3) is 3.96.